The number of halogens is 2. The van der Waals surface area contributed by atoms with E-state index in [0.717, 1.165) is 0 Å². The average Bonchev–Trinajstić information content (AvgIpc) is 2.29. The number of H-pyrrole nitrogens is 1. The number of nitrogens with one attached hydrogen (secondary N) is 1. The molecule has 1 aromatic heterocycles. The molecule has 0 atom stereocenters. The Balaban J connectivity index is 3.17. The van der Waals surface area contributed by atoms with Crippen molar-refractivity contribution in [2.24, 2.45) is 0 Å². The van der Waals surface area contributed by atoms with Gasteiger partial charge in [-0.15, -0.1) is 23.2 Å². The SMILES string of the molecule is CCn1cc(N(CCCl)CCCl)c(=O)[nH]c1=O. The number of anilines is 1. The molecule has 0 bridgehead atoms. The summed E-state index contributed by atoms with van der Waals surface area (Å²) in [6.07, 6.45) is 1.54. The molecule has 0 spiro atoms. The second kappa shape index (κ2) is 6.71. The van der Waals surface area contributed by atoms with Gasteiger partial charge in [0.1, 0.15) is 5.69 Å². The third kappa shape index (κ3) is 3.51. The van der Waals surface area contributed by atoms with E-state index in [1.807, 2.05) is 6.92 Å². The molecule has 1 heterocycles. The van der Waals surface area contributed by atoms with Crippen LogP contribution in [-0.2, 0) is 6.54 Å². The number of rotatable bonds is 6. The molecular weight excluding hydrogens is 265 g/mol. The van der Waals surface area contributed by atoms with E-state index in [-0.39, 0.29) is 0 Å². The number of hydrogen-bond donors (Lipinski definition) is 1. The summed E-state index contributed by atoms with van der Waals surface area (Å²) < 4.78 is 1.44. The van der Waals surface area contributed by atoms with Gasteiger partial charge in [-0.1, -0.05) is 0 Å². The number of alkyl halides is 2. The van der Waals surface area contributed by atoms with E-state index < -0.39 is 11.2 Å². The topological polar surface area (TPSA) is 58.1 Å². The molecule has 1 rings (SSSR count). The fraction of sp³-hybridized carbons (Fsp3) is 0.600. The molecule has 0 unspecified atom stereocenters. The summed E-state index contributed by atoms with van der Waals surface area (Å²) in [5, 5.41) is 0. The van der Waals surface area contributed by atoms with Crippen LogP contribution in [0.3, 0.4) is 0 Å². The Morgan fingerprint density at radius 2 is 1.88 bits per heavy atom. The maximum absolute atomic E-state index is 11.7. The molecule has 0 aliphatic heterocycles. The normalized spacial score (nSPS) is 10.5. The van der Waals surface area contributed by atoms with Gasteiger partial charge >= 0.3 is 5.69 Å². The summed E-state index contributed by atoms with van der Waals surface area (Å²) in [6, 6.07) is 0. The lowest BCUT2D eigenvalue weighted by molar-refractivity contribution is 0.686. The molecule has 1 aromatic rings. The second-order valence-electron chi connectivity index (χ2n) is 3.42. The quantitative estimate of drug-likeness (QED) is 0.786. The van der Waals surface area contributed by atoms with E-state index in [0.29, 0.717) is 37.1 Å². The Hall–Kier alpha value is -0.940. The Kier molecular flexibility index (Phi) is 5.58. The molecule has 5 nitrogen and oxygen atoms in total. The van der Waals surface area contributed by atoms with Crippen LogP contribution in [0.1, 0.15) is 6.92 Å². The summed E-state index contributed by atoms with van der Waals surface area (Å²) in [5.74, 6) is 0.781. The highest BCUT2D eigenvalue weighted by molar-refractivity contribution is 6.18. The van der Waals surface area contributed by atoms with E-state index in [2.05, 4.69) is 4.98 Å². The molecule has 0 saturated heterocycles. The van der Waals surface area contributed by atoms with Crippen molar-refractivity contribution in [3.63, 3.8) is 0 Å². The average molecular weight is 280 g/mol. The second-order valence-corrected chi connectivity index (χ2v) is 4.18. The first-order chi connectivity index (χ1) is 8.13. The molecule has 17 heavy (non-hydrogen) atoms. The number of aromatic amines is 1. The molecule has 0 fully saturated rings. The third-order valence-corrected chi connectivity index (χ3v) is 2.72. The van der Waals surface area contributed by atoms with Crippen LogP contribution >= 0.6 is 23.2 Å². The molecule has 0 radical (unpaired) electrons. The van der Waals surface area contributed by atoms with Crippen molar-refractivity contribution in [3.05, 3.63) is 27.0 Å². The summed E-state index contributed by atoms with van der Waals surface area (Å²) in [7, 11) is 0. The lowest BCUT2D eigenvalue weighted by atomic mass is 10.4. The molecule has 0 aliphatic carbocycles. The summed E-state index contributed by atoms with van der Waals surface area (Å²) in [6.45, 7) is 3.35. The minimum Gasteiger partial charge on any atom is -0.363 e. The molecule has 0 aliphatic rings. The van der Waals surface area contributed by atoms with Gasteiger partial charge in [-0.2, -0.15) is 0 Å². The van der Waals surface area contributed by atoms with Gasteiger partial charge < -0.3 is 4.90 Å². The third-order valence-electron chi connectivity index (χ3n) is 2.38. The van der Waals surface area contributed by atoms with E-state index >= 15 is 0 Å². The molecule has 0 saturated carbocycles. The fourth-order valence-corrected chi connectivity index (χ4v) is 1.92. The Morgan fingerprint density at radius 1 is 1.29 bits per heavy atom. The van der Waals surface area contributed by atoms with Crippen LogP contribution in [0.4, 0.5) is 5.69 Å². The van der Waals surface area contributed by atoms with Crippen molar-refractivity contribution in [2.75, 3.05) is 29.7 Å². The molecule has 0 aromatic carbocycles. The fourth-order valence-electron chi connectivity index (χ4n) is 1.51. The zero-order valence-corrected chi connectivity index (χ0v) is 11.1. The van der Waals surface area contributed by atoms with Gasteiger partial charge in [0.2, 0.25) is 0 Å². The van der Waals surface area contributed by atoms with Crippen LogP contribution in [0.5, 0.6) is 0 Å². The van der Waals surface area contributed by atoms with Crippen molar-refractivity contribution in [1.82, 2.24) is 9.55 Å². The monoisotopic (exact) mass is 279 g/mol. The van der Waals surface area contributed by atoms with Crippen LogP contribution < -0.4 is 16.1 Å². The van der Waals surface area contributed by atoms with Crippen LogP contribution in [0.25, 0.3) is 0 Å². The standard InChI is InChI=1S/C10H15Cl2N3O2/c1-2-14-7-8(9(16)13-10(14)17)15(5-3-11)6-4-12/h7H,2-6H2,1H3,(H,13,16,17). The van der Waals surface area contributed by atoms with Crippen molar-refractivity contribution in [3.8, 4) is 0 Å². The van der Waals surface area contributed by atoms with E-state index in [1.165, 1.54) is 4.57 Å². The van der Waals surface area contributed by atoms with E-state index in [4.69, 9.17) is 23.2 Å². The van der Waals surface area contributed by atoms with Crippen molar-refractivity contribution >= 4 is 28.9 Å². The van der Waals surface area contributed by atoms with Gasteiger partial charge in [-0.05, 0) is 6.92 Å². The van der Waals surface area contributed by atoms with Gasteiger partial charge in [0.25, 0.3) is 5.56 Å². The number of nitrogens with zero attached hydrogens (tertiary/aromatic N) is 2. The first-order valence-corrected chi connectivity index (χ1v) is 6.41. The number of aryl methyl sites for hydroxylation is 1. The Morgan fingerprint density at radius 3 is 2.35 bits per heavy atom. The minimum absolute atomic E-state index is 0.390. The smallest absolute Gasteiger partial charge is 0.328 e. The van der Waals surface area contributed by atoms with Gasteiger partial charge in [-0.25, -0.2) is 4.79 Å². The molecule has 96 valence electrons. The predicted molar refractivity (Wildman–Crippen MR) is 70.6 cm³/mol. The lowest BCUT2D eigenvalue weighted by Crippen LogP contribution is -2.37. The first kappa shape index (κ1) is 14.1. The lowest BCUT2D eigenvalue weighted by Gasteiger charge is -2.22. The van der Waals surface area contributed by atoms with Crippen molar-refractivity contribution in [2.45, 2.75) is 13.5 Å². The van der Waals surface area contributed by atoms with Crippen LogP contribution in [-0.4, -0.2) is 34.4 Å². The van der Waals surface area contributed by atoms with Gasteiger partial charge in [0, 0.05) is 37.6 Å². The molecule has 0 amide bonds. The Bertz CT molecular complexity index is 463. The van der Waals surface area contributed by atoms with Crippen LogP contribution in [0, 0.1) is 0 Å². The van der Waals surface area contributed by atoms with Gasteiger partial charge in [0.05, 0.1) is 0 Å². The highest BCUT2D eigenvalue weighted by atomic mass is 35.5. The number of aromatic nitrogens is 2. The Labute approximate surface area is 109 Å². The first-order valence-electron chi connectivity index (χ1n) is 5.34. The highest BCUT2D eigenvalue weighted by Gasteiger charge is 2.11. The highest BCUT2D eigenvalue weighted by Crippen LogP contribution is 2.06. The van der Waals surface area contributed by atoms with Crippen molar-refractivity contribution < 1.29 is 0 Å². The summed E-state index contributed by atoms with van der Waals surface area (Å²) in [4.78, 5) is 27.1. The zero-order valence-electron chi connectivity index (χ0n) is 9.58. The number of hydrogen-bond acceptors (Lipinski definition) is 3. The van der Waals surface area contributed by atoms with Crippen LogP contribution in [0.2, 0.25) is 0 Å². The molecular formula is C10H15Cl2N3O2. The predicted octanol–water partition coefficient (Wildman–Crippen LogP) is 0.841. The van der Waals surface area contributed by atoms with Crippen LogP contribution in [0.15, 0.2) is 15.8 Å². The maximum atomic E-state index is 11.7. The summed E-state index contributed by atoms with van der Waals surface area (Å²) >= 11 is 11.3. The van der Waals surface area contributed by atoms with E-state index in [1.54, 1.807) is 11.1 Å². The largest absolute Gasteiger partial charge is 0.363 e. The molecule has 1 N–H and O–H groups in total. The minimum atomic E-state index is -0.407. The van der Waals surface area contributed by atoms with E-state index in [9.17, 15) is 9.59 Å². The molecule has 7 heteroatoms. The maximum Gasteiger partial charge on any atom is 0.328 e. The van der Waals surface area contributed by atoms with Crippen molar-refractivity contribution in [1.29, 1.82) is 0 Å². The zero-order chi connectivity index (χ0) is 12.8. The van der Waals surface area contributed by atoms with Gasteiger partial charge in [0.15, 0.2) is 0 Å². The summed E-state index contributed by atoms with van der Waals surface area (Å²) in [5.41, 5.74) is -0.388. The van der Waals surface area contributed by atoms with Gasteiger partial charge in [-0.3, -0.25) is 14.3 Å².